The molecule has 0 saturated carbocycles. The second kappa shape index (κ2) is 7.69. The molecule has 0 aliphatic rings. The van der Waals surface area contributed by atoms with Crippen molar-refractivity contribution in [2.75, 3.05) is 13.1 Å². The lowest BCUT2D eigenvalue weighted by Crippen LogP contribution is -2.28. The van der Waals surface area contributed by atoms with Gasteiger partial charge < -0.3 is 10.1 Å². The fraction of sp³-hybridized carbons (Fsp3) is 0.400. The number of ether oxygens (including phenoxy) is 1. The van der Waals surface area contributed by atoms with E-state index in [0.29, 0.717) is 11.3 Å². The molecule has 0 aliphatic carbocycles. The highest BCUT2D eigenvalue weighted by atomic mass is 19.1. The van der Waals surface area contributed by atoms with Gasteiger partial charge in [-0.15, -0.1) is 0 Å². The maximum absolute atomic E-state index is 13.5. The predicted molar refractivity (Wildman–Crippen MR) is 76.9 cm³/mol. The molecule has 0 heterocycles. The van der Waals surface area contributed by atoms with Crippen LogP contribution in [-0.4, -0.2) is 25.0 Å². The van der Waals surface area contributed by atoms with Crippen LogP contribution in [0.1, 0.15) is 27.8 Å². The van der Waals surface area contributed by atoms with E-state index >= 15 is 0 Å². The third-order valence-corrected chi connectivity index (χ3v) is 2.48. The Labute approximate surface area is 115 Å². The first-order valence-corrected chi connectivity index (χ1v) is 6.38. The van der Waals surface area contributed by atoms with Gasteiger partial charge in [0.25, 0.3) is 0 Å². The molecule has 1 rings (SSSR count). The van der Waals surface area contributed by atoms with E-state index < -0.39 is 0 Å². The Balaban J connectivity index is 0.00000361. The molecule has 0 aliphatic heterocycles. The van der Waals surface area contributed by atoms with Gasteiger partial charge in [0, 0.05) is 13.5 Å². The van der Waals surface area contributed by atoms with Gasteiger partial charge in [-0.05, 0) is 50.7 Å². The van der Waals surface area contributed by atoms with Crippen molar-refractivity contribution in [2.45, 2.75) is 26.9 Å². The molecule has 1 atom stereocenters. The molecule has 0 saturated heterocycles. The van der Waals surface area contributed by atoms with Crippen molar-refractivity contribution in [1.29, 1.82) is 0 Å². The van der Waals surface area contributed by atoms with Crippen molar-refractivity contribution in [3.8, 4) is 5.75 Å². The molecule has 0 spiro atoms. The maximum Gasteiger partial charge on any atom is 0.152 e. The highest BCUT2D eigenvalue weighted by Gasteiger charge is 2.06. The van der Waals surface area contributed by atoms with E-state index in [1.807, 2.05) is 13.8 Å². The Morgan fingerprint density at radius 3 is 2.95 bits per heavy atom. The molecule has 0 bridgehead atoms. The molecule has 0 radical (unpaired) electrons. The number of hydrogen-bond donors (Lipinski definition) is 1. The van der Waals surface area contributed by atoms with E-state index in [0.717, 1.165) is 13.1 Å². The van der Waals surface area contributed by atoms with Crippen molar-refractivity contribution in [2.24, 2.45) is 0 Å². The minimum Gasteiger partial charge on any atom is -0.489 e. The summed E-state index contributed by atoms with van der Waals surface area (Å²) in [6.07, 6.45) is 2.79. The third kappa shape index (κ3) is 5.66. The van der Waals surface area contributed by atoms with Crippen LogP contribution in [0.25, 0.3) is 6.08 Å². The zero-order chi connectivity index (χ0) is 14.3. The monoisotopic (exact) mass is 267 g/mol. The van der Waals surface area contributed by atoms with Crippen LogP contribution in [0, 0.1) is 5.82 Å². The van der Waals surface area contributed by atoms with Crippen molar-refractivity contribution in [1.82, 2.24) is 5.32 Å². The number of likely N-dealkylation sites (N-methyl/N-ethyl adjacent to an activating group) is 1. The smallest absolute Gasteiger partial charge is 0.152 e. The molecule has 0 aromatic heterocycles. The van der Waals surface area contributed by atoms with Crippen LogP contribution < -0.4 is 10.1 Å². The van der Waals surface area contributed by atoms with Gasteiger partial charge in [0.2, 0.25) is 0 Å². The molecule has 4 heteroatoms. The van der Waals surface area contributed by atoms with Gasteiger partial charge in [0.1, 0.15) is 17.7 Å². The summed E-state index contributed by atoms with van der Waals surface area (Å²) in [5.41, 5.74) is 0.350. The Morgan fingerprint density at radius 1 is 1.58 bits per heavy atom. The summed E-state index contributed by atoms with van der Waals surface area (Å²) < 4.78 is 19.2. The molecule has 106 valence electrons. The summed E-state index contributed by atoms with van der Waals surface area (Å²) in [4.78, 5) is 10.9. The van der Waals surface area contributed by atoms with Crippen LogP contribution in [0.2, 0.25) is 0 Å². The van der Waals surface area contributed by atoms with Crippen LogP contribution in [0.3, 0.4) is 0 Å². The molecule has 1 N–H and O–H groups in total. The van der Waals surface area contributed by atoms with E-state index in [4.69, 9.17) is 4.74 Å². The van der Waals surface area contributed by atoms with Crippen LogP contribution in [0.5, 0.6) is 5.75 Å². The first-order valence-electron chi connectivity index (χ1n) is 6.38. The predicted octanol–water partition coefficient (Wildman–Crippen LogP) is 3.05. The minimum atomic E-state index is -0.371. The number of carbonyl (C=O) groups is 1. The molecule has 1 aromatic carbocycles. The zero-order valence-corrected chi connectivity index (χ0v) is 11.6. The number of allylic oxidation sites excluding steroid dienone is 1. The molecule has 0 amide bonds. The van der Waals surface area contributed by atoms with Gasteiger partial charge in [0.05, 0.1) is 0 Å². The Bertz CT molecular complexity index is 463. The van der Waals surface area contributed by atoms with Crippen LogP contribution in [0.15, 0.2) is 24.3 Å². The van der Waals surface area contributed by atoms with Crippen LogP contribution in [-0.2, 0) is 4.79 Å². The fourth-order valence-electron chi connectivity index (χ4n) is 1.55. The number of halogens is 1. The van der Waals surface area contributed by atoms with Crippen molar-refractivity contribution < 1.29 is 15.3 Å². The Kier molecular flexibility index (Phi) is 6.22. The van der Waals surface area contributed by atoms with E-state index in [-0.39, 0.29) is 19.1 Å². The van der Waals surface area contributed by atoms with Crippen molar-refractivity contribution in [3.05, 3.63) is 35.7 Å². The molecule has 0 unspecified atom stereocenters. The lowest BCUT2D eigenvalue weighted by atomic mass is 10.1. The van der Waals surface area contributed by atoms with Crippen molar-refractivity contribution in [3.63, 3.8) is 0 Å². The third-order valence-electron chi connectivity index (χ3n) is 2.48. The van der Waals surface area contributed by atoms with Gasteiger partial charge in [-0.25, -0.2) is 4.39 Å². The number of hydrogen-bond acceptors (Lipinski definition) is 3. The summed E-state index contributed by atoms with van der Waals surface area (Å²) >= 11 is 0. The van der Waals surface area contributed by atoms with Crippen molar-refractivity contribution >= 4 is 11.9 Å². The standard InChI is InChI=1S/C15H20FNO2.H2/c1-4-17-10-12(3)19-14-7-8-15(16)13(9-14)6-5-11(2)18;/h5-9,12,17H,4,10H2,1-3H3;1H/b6-5+;/t12-;/m0./s1. The first kappa shape index (κ1) is 15.4. The summed E-state index contributed by atoms with van der Waals surface area (Å²) in [7, 11) is 0. The SMILES string of the molecule is CCNC[C@H](C)Oc1ccc(F)c(/C=C/C(C)=O)c1.[HH]. The normalized spacial score (nSPS) is 12.6. The molecule has 19 heavy (non-hydrogen) atoms. The van der Waals surface area contributed by atoms with Crippen LogP contribution >= 0.6 is 0 Å². The van der Waals surface area contributed by atoms with E-state index in [1.165, 1.54) is 25.1 Å². The average molecular weight is 267 g/mol. The maximum atomic E-state index is 13.5. The fourth-order valence-corrected chi connectivity index (χ4v) is 1.55. The number of nitrogens with one attached hydrogen (secondary N) is 1. The second-order valence-corrected chi connectivity index (χ2v) is 4.36. The summed E-state index contributed by atoms with van der Waals surface area (Å²) in [5.74, 6) is 0.102. The topological polar surface area (TPSA) is 38.3 Å². The number of carbonyl (C=O) groups excluding carboxylic acids is 1. The van der Waals surface area contributed by atoms with Crippen LogP contribution in [0.4, 0.5) is 4.39 Å². The van der Waals surface area contributed by atoms with Gasteiger partial charge in [0.15, 0.2) is 5.78 Å². The Morgan fingerprint density at radius 2 is 2.32 bits per heavy atom. The number of benzene rings is 1. The van der Waals surface area contributed by atoms with E-state index in [2.05, 4.69) is 5.32 Å². The lowest BCUT2D eigenvalue weighted by Gasteiger charge is -2.15. The van der Waals surface area contributed by atoms with Gasteiger partial charge in [-0.3, -0.25) is 4.79 Å². The van der Waals surface area contributed by atoms with Gasteiger partial charge >= 0.3 is 0 Å². The molecular formula is C15H22FNO2. The summed E-state index contributed by atoms with van der Waals surface area (Å²) in [6, 6.07) is 4.52. The highest BCUT2D eigenvalue weighted by molar-refractivity contribution is 5.91. The quantitative estimate of drug-likeness (QED) is 0.772. The highest BCUT2D eigenvalue weighted by Crippen LogP contribution is 2.19. The average Bonchev–Trinajstić information content (AvgIpc) is 2.37. The summed E-state index contributed by atoms with van der Waals surface area (Å²) in [5, 5.41) is 3.18. The molecule has 3 nitrogen and oxygen atoms in total. The molecular weight excluding hydrogens is 245 g/mol. The lowest BCUT2D eigenvalue weighted by molar-refractivity contribution is -0.112. The molecule has 0 fully saturated rings. The first-order chi connectivity index (χ1) is 9.02. The summed E-state index contributed by atoms with van der Waals surface area (Å²) in [6.45, 7) is 7.00. The number of rotatable bonds is 7. The second-order valence-electron chi connectivity index (χ2n) is 4.36. The largest absolute Gasteiger partial charge is 0.489 e. The van der Waals surface area contributed by atoms with E-state index in [1.54, 1.807) is 12.1 Å². The molecule has 1 aromatic rings. The number of ketones is 1. The zero-order valence-electron chi connectivity index (χ0n) is 11.6. The van der Waals surface area contributed by atoms with Gasteiger partial charge in [-0.2, -0.15) is 0 Å². The Hall–Kier alpha value is -1.68. The van der Waals surface area contributed by atoms with E-state index in [9.17, 15) is 9.18 Å². The van der Waals surface area contributed by atoms with Gasteiger partial charge in [-0.1, -0.05) is 6.92 Å². The minimum absolute atomic E-state index is 0.